The number of anilines is 1. The van der Waals surface area contributed by atoms with E-state index in [1.807, 2.05) is 19.2 Å². The minimum atomic E-state index is -0.108. The maximum absolute atomic E-state index is 12.1. The molecule has 0 aliphatic carbocycles. The van der Waals surface area contributed by atoms with Gasteiger partial charge in [-0.05, 0) is 18.9 Å². The Morgan fingerprint density at radius 1 is 1.39 bits per heavy atom. The maximum Gasteiger partial charge on any atom is 0.236 e. The second kappa shape index (κ2) is 7.60. The predicted molar refractivity (Wildman–Crippen MR) is 102 cm³/mol. The van der Waals surface area contributed by atoms with E-state index in [1.54, 1.807) is 40.4 Å². The van der Waals surface area contributed by atoms with Gasteiger partial charge in [-0.1, -0.05) is 0 Å². The molecule has 0 spiro atoms. The summed E-state index contributed by atoms with van der Waals surface area (Å²) in [5.74, 6) is 1.26. The first kappa shape index (κ1) is 17.9. The van der Waals surface area contributed by atoms with E-state index < -0.39 is 0 Å². The number of carbonyl (C=O) groups excluding carboxylic acids is 1. The van der Waals surface area contributed by atoms with Crippen molar-refractivity contribution in [3.05, 3.63) is 37.1 Å². The zero-order chi connectivity index (χ0) is 19.5. The van der Waals surface area contributed by atoms with Crippen LogP contribution in [0.15, 0.2) is 37.1 Å². The van der Waals surface area contributed by atoms with E-state index in [-0.39, 0.29) is 18.4 Å². The third-order valence-electron chi connectivity index (χ3n) is 5.10. The Kier molecular flexibility index (Phi) is 4.85. The van der Waals surface area contributed by atoms with Crippen LogP contribution in [0.2, 0.25) is 0 Å². The van der Waals surface area contributed by atoms with Crippen molar-refractivity contribution in [1.82, 2.24) is 29.5 Å². The molecule has 9 nitrogen and oxygen atoms in total. The smallest absolute Gasteiger partial charge is 0.236 e. The van der Waals surface area contributed by atoms with E-state index in [4.69, 9.17) is 10.2 Å². The van der Waals surface area contributed by atoms with E-state index in [0.717, 1.165) is 29.7 Å². The zero-order valence-electron chi connectivity index (χ0n) is 15.6. The summed E-state index contributed by atoms with van der Waals surface area (Å²) in [5, 5.41) is 13.1. The Morgan fingerprint density at radius 3 is 3.14 bits per heavy atom. The van der Waals surface area contributed by atoms with Gasteiger partial charge in [0, 0.05) is 44.8 Å². The summed E-state index contributed by atoms with van der Waals surface area (Å²) >= 11 is 0. The molecule has 0 radical (unpaired) electrons. The van der Waals surface area contributed by atoms with Crippen LogP contribution in [0.3, 0.4) is 0 Å². The van der Waals surface area contributed by atoms with Crippen molar-refractivity contribution >= 4 is 17.2 Å². The summed E-state index contributed by atoms with van der Waals surface area (Å²) in [6.07, 6.45) is 10.5. The number of aromatic nitrogens is 5. The maximum atomic E-state index is 12.1. The Balaban J connectivity index is 1.57. The molecule has 1 atom stereocenters. The van der Waals surface area contributed by atoms with Gasteiger partial charge in [0.2, 0.25) is 5.91 Å². The summed E-state index contributed by atoms with van der Waals surface area (Å²) in [4.78, 5) is 29.2. The van der Waals surface area contributed by atoms with E-state index in [2.05, 4.69) is 20.0 Å². The van der Waals surface area contributed by atoms with Crippen molar-refractivity contribution in [3.8, 4) is 17.5 Å². The highest BCUT2D eigenvalue weighted by Crippen LogP contribution is 2.24. The number of likely N-dealkylation sites (N-methyl/N-ethyl adjacent to an activating group) is 1. The minimum Gasteiger partial charge on any atom is -0.355 e. The first-order valence-electron chi connectivity index (χ1n) is 9.15. The lowest BCUT2D eigenvalue weighted by atomic mass is 10.0. The van der Waals surface area contributed by atoms with Gasteiger partial charge >= 0.3 is 0 Å². The molecule has 9 heteroatoms. The number of piperidine rings is 1. The van der Waals surface area contributed by atoms with Crippen molar-refractivity contribution in [3.63, 3.8) is 0 Å². The molecule has 142 valence electrons. The van der Waals surface area contributed by atoms with Crippen LogP contribution in [0.1, 0.15) is 19.3 Å². The fourth-order valence-corrected chi connectivity index (χ4v) is 3.55. The quantitative estimate of drug-likeness (QED) is 0.680. The zero-order valence-corrected chi connectivity index (χ0v) is 15.6. The molecule has 4 heterocycles. The van der Waals surface area contributed by atoms with E-state index in [0.29, 0.717) is 18.9 Å². The number of likely N-dealkylation sites (tertiary alicyclic amines) is 1. The van der Waals surface area contributed by atoms with Crippen LogP contribution >= 0.6 is 0 Å². The molecule has 0 aromatic carbocycles. The van der Waals surface area contributed by atoms with E-state index >= 15 is 0 Å². The van der Waals surface area contributed by atoms with Crippen LogP contribution in [0.4, 0.5) is 5.82 Å². The molecular weight excluding hydrogens is 356 g/mol. The summed E-state index contributed by atoms with van der Waals surface area (Å²) in [7, 11) is 1.98. The van der Waals surface area contributed by atoms with Crippen LogP contribution in [0.5, 0.6) is 0 Å². The second-order valence-corrected chi connectivity index (χ2v) is 6.78. The highest BCUT2D eigenvalue weighted by molar-refractivity contribution is 5.78. The van der Waals surface area contributed by atoms with Crippen molar-refractivity contribution < 1.29 is 4.79 Å². The Labute approximate surface area is 162 Å². The van der Waals surface area contributed by atoms with Crippen LogP contribution < -0.4 is 4.90 Å². The number of carbonyl (C=O) groups is 1. The Morgan fingerprint density at radius 2 is 2.29 bits per heavy atom. The summed E-state index contributed by atoms with van der Waals surface area (Å²) < 4.78 is 1.74. The van der Waals surface area contributed by atoms with Crippen LogP contribution in [0, 0.1) is 11.3 Å². The molecule has 4 rings (SSSR count). The number of nitriles is 1. The lowest BCUT2D eigenvalue weighted by Crippen LogP contribution is -2.48. The number of rotatable bonds is 4. The number of amides is 1. The lowest BCUT2D eigenvalue weighted by Gasteiger charge is -2.38. The molecule has 0 bridgehead atoms. The molecule has 1 amide bonds. The third kappa shape index (κ3) is 3.36. The molecule has 0 saturated carbocycles. The first-order valence-corrected chi connectivity index (χ1v) is 9.15. The average Bonchev–Trinajstić information content (AvgIpc) is 3.18. The first-order chi connectivity index (χ1) is 13.7. The van der Waals surface area contributed by atoms with Gasteiger partial charge in [0.25, 0.3) is 0 Å². The van der Waals surface area contributed by atoms with Gasteiger partial charge in [0.05, 0.1) is 29.5 Å². The second-order valence-electron chi connectivity index (χ2n) is 6.78. The lowest BCUT2D eigenvalue weighted by molar-refractivity contribution is -0.131. The van der Waals surface area contributed by atoms with Crippen LogP contribution in [-0.4, -0.2) is 61.6 Å². The van der Waals surface area contributed by atoms with Crippen molar-refractivity contribution in [2.75, 3.05) is 25.0 Å². The third-order valence-corrected chi connectivity index (χ3v) is 5.10. The predicted octanol–water partition coefficient (Wildman–Crippen LogP) is 1.53. The number of hydrogen-bond donors (Lipinski definition) is 0. The van der Waals surface area contributed by atoms with Gasteiger partial charge in [0.1, 0.15) is 12.2 Å². The Bertz CT molecular complexity index is 1040. The van der Waals surface area contributed by atoms with Gasteiger partial charge in [-0.15, -0.1) is 0 Å². The highest BCUT2D eigenvalue weighted by atomic mass is 16.2. The van der Waals surface area contributed by atoms with Gasteiger partial charge in [-0.3, -0.25) is 9.78 Å². The van der Waals surface area contributed by atoms with Gasteiger partial charge in [-0.25, -0.2) is 14.5 Å². The summed E-state index contributed by atoms with van der Waals surface area (Å²) in [6, 6.07) is 3.95. The molecule has 3 aromatic heterocycles. The topological polar surface area (TPSA) is 103 Å². The molecule has 3 aromatic rings. The number of hydrogen-bond acceptors (Lipinski definition) is 7. The average molecular weight is 376 g/mol. The molecule has 1 fully saturated rings. The normalized spacial score (nSPS) is 16.7. The van der Waals surface area contributed by atoms with E-state index in [1.165, 1.54) is 0 Å². The molecule has 28 heavy (non-hydrogen) atoms. The fourth-order valence-electron chi connectivity index (χ4n) is 3.55. The number of nitrogens with zero attached hydrogens (tertiary/aromatic N) is 8. The minimum absolute atomic E-state index is 0.0726. The summed E-state index contributed by atoms with van der Waals surface area (Å²) in [5.41, 5.74) is 1.66. The highest BCUT2D eigenvalue weighted by Gasteiger charge is 2.27. The molecule has 1 aliphatic rings. The van der Waals surface area contributed by atoms with E-state index in [9.17, 15) is 4.79 Å². The van der Waals surface area contributed by atoms with Gasteiger partial charge < -0.3 is 9.80 Å². The molecular formula is C19H20N8O. The largest absolute Gasteiger partial charge is 0.355 e. The standard InChI is InChI=1S/C19H20N8O/c1-25(14-3-2-9-26(13-14)18(28)4-6-20)17-5-7-22-19(24-17)15-11-23-27-10-8-21-12-16(15)27/h5,7-8,10-12,14H,2-4,9,13H2,1H3/t14-/m1/s1. The van der Waals surface area contributed by atoms with Crippen molar-refractivity contribution in [2.45, 2.75) is 25.3 Å². The fraction of sp³-hybridized carbons (Fsp3) is 0.368. The van der Waals surface area contributed by atoms with Crippen molar-refractivity contribution in [1.29, 1.82) is 5.26 Å². The molecule has 0 unspecified atom stereocenters. The summed E-state index contributed by atoms with van der Waals surface area (Å²) in [6.45, 7) is 1.30. The SMILES string of the molecule is CN(c1ccnc(-c2cnn3ccncc23)n1)[C@@H]1CCCN(C(=O)CC#N)C1. The Hall–Kier alpha value is -3.54. The monoisotopic (exact) mass is 376 g/mol. The molecule has 0 N–H and O–H groups in total. The van der Waals surface area contributed by atoms with Crippen molar-refractivity contribution in [2.24, 2.45) is 0 Å². The van der Waals surface area contributed by atoms with Crippen LogP contribution in [0.25, 0.3) is 16.9 Å². The molecule has 1 saturated heterocycles. The van der Waals surface area contributed by atoms with Gasteiger partial charge in [0.15, 0.2) is 5.82 Å². The van der Waals surface area contributed by atoms with Crippen LogP contribution in [-0.2, 0) is 4.79 Å². The molecule has 1 aliphatic heterocycles. The number of fused-ring (bicyclic) bond motifs is 1. The van der Waals surface area contributed by atoms with Gasteiger partial charge in [-0.2, -0.15) is 10.4 Å².